The zero-order chi connectivity index (χ0) is 15.4. The lowest BCUT2D eigenvalue weighted by molar-refractivity contribution is -0.121. The summed E-state index contributed by atoms with van der Waals surface area (Å²) in [6.45, 7) is 0.391. The number of rotatable bonds is 3. The molecule has 0 saturated heterocycles. The van der Waals surface area contributed by atoms with E-state index in [9.17, 15) is 9.59 Å². The van der Waals surface area contributed by atoms with Crippen LogP contribution in [0.1, 0.15) is 22.3 Å². The average Bonchev–Trinajstić information content (AvgIpc) is 2.59. The number of carbonyl (C=O) groups is 2. The topological polar surface area (TPSA) is 59.5 Å². The van der Waals surface area contributed by atoms with E-state index in [0.717, 1.165) is 24.1 Å². The van der Waals surface area contributed by atoms with Gasteiger partial charge in [-0.1, -0.05) is 18.2 Å². The van der Waals surface area contributed by atoms with Crippen molar-refractivity contribution in [1.29, 1.82) is 0 Å². The molecule has 1 amide bonds. The molecule has 1 aliphatic rings. The quantitative estimate of drug-likeness (QED) is 0.815. The molecule has 5 nitrogen and oxygen atoms in total. The highest BCUT2D eigenvalue weighted by atomic mass is 16.5. The minimum atomic E-state index is -0.535. The number of pyridine rings is 1. The number of anilines is 1. The van der Waals surface area contributed by atoms with Crippen LogP contribution in [0.3, 0.4) is 0 Å². The molecule has 1 aliphatic heterocycles. The van der Waals surface area contributed by atoms with Crippen molar-refractivity contribution < 1.29 is 14.3 Å². The van der Waals surface area contributed by atoms with Crippen LogP contribution in [0, 0.1) is 0 Å². The first-order valence-corrected chi connectivity index (χ1v) is 7.21. The van der Waals surface area contributed by atoms with E-state index in [1.165, 1.54) is 6.20 Å². The molecule has 22 heavy (non-hydrogen) atoms. The minimum Gasteiger partial charge on any atom is -0.452 e. The number of amides is 1. The van der Waals surface area contributed by atoms with Crippen molar-refractivity contribution in [2.24, 2.45) is 0 Å². The zero-order valence-corrected chi connectivity index (χ0v) is 12.1. The lowest BCUT2D eigenvalue weighted by atomic mass is 10.0. The van der Waals surface area contributed by atoms with Gasteiger partial charge in [-0.05, 0) is 36.6 Å². The van der Waals surface area contributed by atoms with Crippen LogP contribution >= 0.6 is 0 Å². The molecule has 0 atom stereocenters. The fourth-order valence-corrected chi connectivity index (χ4v) is 2.56. The molecule has 0 saturated carbocycles. The largest absolute Gasteiger partial charge is 0.452 e. The number of ether oxygens (including phenoxy) is 1. The second-order valence-electron chi connectivity index (χ2n) is 5.10. The number of esters is 1. The Labute approximate surface area is 128 Å². The summed E-state index contributed by atoms with van der Waals surface area (Å²) in [5.41, 5.74) is 2.41. The predicted molar refractivity (Wildman–Crippen MR) is 81.6 cm³/mol. The van der Waals surface area contributed by atoms with Gasteiger partial charge in [-0.2, -0.15) is 0 Å². The summed E-state index contributed by atoms with van der Waals surface area (Å²) in [6.07, 6.45) is 4.88. The van der Waals surface area contributed by atoms with Crippen molar-refractivity contribution in [1.82, 2.24) is 4.98 Å². The third-order valence-corrected chi connectivity index (χ3v) is 3.64. The van der Waals surface area contributed by atoms with Gasteiger partial charge in [0.05, 0.1) is 5.56 Å². The number of aryl methyl sites for hydroxylation is 1. The predicted octanol–water partition coefficient (Wildman–Crippen LogP) is 2.22. The smallest absolute Gasteiger partial charge is 0.340 e. The van der Waals surface area contributed by atoms with Gasteiger partial charge in [0, 0.05) is 24.6 Å². The van der Waals surface area contributed by atoms with Gasteiger partial charge in [0.2, 0.25) is 0 Å². The van der Waals surface area contributed by atoms with Crippen molar-refractivity contribution in [2.75, 3.05) is 18.1 Å². The Balaban J connectivity index is 1.65. The molecule has 0 aliphatic carbocycles. The van der Waals surface area contributed by atoms with Gasteiger partial charge in [0.15, 0.2) is 6.61 Å². The average molecular weight is 296 g/mol. The minimum absolute atomic E-state index is 0.204. The van der Waals surface area contributed by atoms with Crippen LogP contribution in [-0.4, -0.2) is 30.0 Å². The standard InChI is InChI=1S/C17H16N2O3/c20-16(12-22-17(21)14-6-3-9-18-11-14)19-10-4-7-13-5-1-2-8-15(13)19/h1-3,5-6,8-9,11H,4,7,10,12H2. The van der Waals surface area contributed by atoms with Gasteiger partial charge in [-0.3, -0.25) is 9.78 Å². The fraction of sp³-hybridized carbons (Fsp3) is 0.235. The van der Waals surface area contributed by atoms with Crippen LogP contribution in [0.2, 0.25) is 0 Å². The number of para-hydroxylation sites is 1. The molecule has 112 valence electrons. The molecule has 1 aromatic heterocycles. The second kappa shape index (κ2) is 6.39. The highest BCUT2D eigenvalue weighted by Gasteiger charge is 2.23. The van der Waals surface area contributed by atoms with Gasteiger partial charge in [0.25, 0.3) is 5.91 Å². The Morgan fingerprint density at radius 1 is 1.18 bits per heavy atom. The van der Waals surface area contributed by atoms with Gasteiger partial charge in [-0.15, -0.1) is 0 Å². The molecule has 5 heteroatoms. The molecular formula is C17H16N2O3. The molecule has 2 heterocycles. The Morgan fingerprint density at radius 3 is 2.86 bits per heavy atom. The molecule has 0 N–H and O–H groups in total. The normalized spacial score (nSPS) is 13.4. The molecule has 1 aromatic carbocycles. The Morgan fingerprint density at radius 2 is 2.05 bits per heavy atom. The lowest BCUT2D eigenvalue weighted by Crippen LogP contribution is -2.38. The molecule has 0 spiro atoms. The first-order chi connectivity index (χ1) is 10.8. The number of hydrogen-bond donors (Lipinski definition) is 0. The highest BCUT2D eigenvalue weighted by Crippen LogP contribution is 2.26. The van der Waals surface area contributed by atoms with Crippen molar-refractivity contribution in [3.8, 4) is 0 Å². The molecule has 0 fully saturated rings. The molecular weight excluding hydrogens is 280 g/mol. The maximum absolute atomic E-state index is 12.3. The van der Waals surface area contributed by atoms with E-state index in [-0.39, 0.29) is 12.5 Å². The summed E-state index contributed by atoms with van der Waals surface area (Å²) in [5, 5.41) is 0. The van der Waals surface area contributed by atoms with E-state index in [0.29, 0.717) is 12.1 Å². The maximum Gasteiger partial charge on any atom is 0.340 e. The molecule has 2 aromatic rings. The van der Waals surface area contributed by atoms with Crippen LogP contribution in [0.4, 0.5) is 5.69 Å². The first kappa shape index (κ1) is 14.3. The summed E-state index contributed by atoms with van der Waals surface area (Å²) in [5.74, 6) is -0.740. The van der Waals surface area contributed by atoms with Crippen molar-refractivity contribution in [3.05, 3.63) is 59.9 Å². The Bertz CT molecular complexity index is 685. The van der Waals surface area contributed by atoms with Gasteiger partial charge in [0.1, 0.15) is 0 Å². The van der Waals surface area contributed by atoms with E-state index in [2.05, 4.69) is 4.98 Å². The summed E-state index contributed by atoms with van der Waals surface area (Å²) in [6, 6.07) is 11.1. The molecule has 0 radical (unpaired) electrons. The van der Waals surface area contributed by atoms with E-state index in [1.54, 1.807) is 23.2 Å². The molecule has 0 unspecified atom stereocenters. The third kappa shape index (κ3) is 2.98. The Kier molecular flexibility index (Phi) is 4.14. The maximum atomic E-state index is 12.3. The van der Waals surface area contributed by atoms with Crippen molar-refractivity contribution in [2.45, 2.75) is 12.8 Å². The SMILES string of the molecule is O=C(OCC(=O)N1CCCc2ccccc21)c1cccnc1. The van der Waals surface area contributed by atoms with Crippen molar-refractivity contribution >= 4 is 17.6 Å². The third-order valence-electron chi connectivity index (χ3n) is 3.64. The van der Waals surface area contributed by atoms with E-state index < -0.39 is 5.97 Å². The number of benzene rings is 1. The molecule has 3 rings (SSSR count). The lowest BCUT2D eigenvalue weighted by Gasteiger charge is -2.29. The number of fused-ring (bicyclic) bond motifs is 1. The second-order valence-corrected chi connectivity index (χ2v) is 5.10. The van der Waals surface area contributed by atoms with Crippen LogP contribution < -0.4 is 4.90 Å². The summed E-state index contributed by atoms with van der Waals surface area (Å²) >= 11 is 0. The zero-order valence-electron chi connectivity index (χ0n) is 12.1. The van der Waals surface area contributed by atoms with Gasteiger partial charge < -0.3 is 9.64 Å². The van der Waals surface area contributed by atoms with Crippen LogP contribution in [0.25, 0.3) is 0 Å². The van der Waals surface area contributed by atoms with Gasteiger partial charge >= 0.3 is 5.97 Å². The van der Waals surface area contributed by atoms with Crippen LogP contribution in [-0.2, 0) is 16.0 Å². The Hall–Kier alpha value is -2.69. The fourth-order valence-electron chi connectivity index (χ4n) is 2.56. The van der Waals surface area contributed by atoms with Crippen molar-refractivity contribution in [3.63, 3.8) is 0 Å². The van der Waals surface area contributed by atoms with Gasteiger partial charge in [-0.25, -0.2) is 4.79 Å². The highest BCUT2D eigenvalue weighted by molar-refractivity contribution is 5.97. The number of nitrogens with zero attached hydrogens (tertiary/aromatic N) is 2. The summed E-state index contributed by atoms with van der Waals surface area (Å²) in [7, 11) is 0. The van der Waals surface area contributed by atoms with Crippen LogP contribution in [0.5, 0.6) is 0 Å². The number of hydrogen-bond acceptors (Lipinski definition) is 4. The number of carbonyl (C=O) groups excluding carboxylic acids is 2. The van der Waals surface area contributed by atoms with Crippen LogP contribution in [0.15, 0.2) is 48.8 Å². The summed E-state index contributed by atoms with van der Waals surface area (Å²) < 4.78 is 5.09. The molecule has 0 bridgehead atoms. The van der Waals surface area contributed by atoms with E-state index in [1.807, 2.05) is 24.3 Å². The number of aromatic nitrogens is 1. The van der Waals surface area contributed by atoms with E-state index >= 15 is 0 Å². The first-order valence-electron chi connectivity index (χ1n) is 7.21. The monoisotopic (exact) mass is 296 g/mol. The van der Waals surface area contributed by atoms with E-state index in [4.69, 9.17) is 4.74 Å². The summed E-state index contributed by atoms with van der Waals surface area (Å²) in [4.78, 5) is 29.7.